The molecule has 3 heteroatoms. The first kappa shape index (κ1) is 17.7. The number of hydrogen-bond acceptors (Lipinski definition) is 3. The molecule has 2 aromatic rings. The molecule has 0 aromatic heterocycles. The molecule has 3 nitrogen and oxygen atoms in total. The molecule has 0 fully saturated rings. The van der Waals surface area contributed by atoms with Gasteiger partial charge in [-0.1, -0.05) is 59.7 Å². The van der Waals surface area contributed by atoms with Crippen LogP contribution in [-0.4, -0.2) is 24.3 Å². The second kappa shape index (κ2) is 8.82. The van der Waals surface area contributed by atoms with Gasteiger partial charge in [0.25, 0.3) is 0 Å². The van der Waals surface area contributed by atoms with E-state index in [4.69, 9.17) is 0 Å². The first-order chi connectivity index (χ1) is 11.0. The van der Waals surface area contributed by atoms with Crippen LogP contribution < -0.4 is 10.6 Å². The molecule has 2 atom stereocenters. The van der Waals surface area contributed by atoms with Gasteiger partial charge in [0.15, 0.2) is 0 Å². The Labute approximate surface area is 139 Å². The number of aliphatic hydroxyl groups is 1. The Kier molecular flexibility index (Phi) is 6.78. The molecule has 0 radical (unpaired) electrons. The van der Waals surface area contributed by atoms with Gasteiger partial charge in [-0.15, -0.1) is 0 Å². The summed E-state index contributed by atoms with van der Waals surface area (Å²) in [6.07, 6.45) is -0.395. The van der Waals surface area contributed by atoms with E-state index >= 15 is 0 Å². The molecule has 0 spiro atoms. The molecular weight excluding hydrogens is 284 g/mol. The van der Waals surface area contributed by atoms with Gasteiger partial charge >= 0.3 is 0 Å². The van der Waals surface area contributed by atoms with E-state index in [9.17, 15) is 5.11 Å². The van der Waals surface area contributed by atoms with Crippen molar-refractivity contribution in [1.82, 2.24) is 10.6 Å². The molecule has 0 saturated carbocycles. The van der Waals surface area contributed by atoms with Crippen LogP contribution in [-0.2, 0) is 6.54 Å². The molecule has 0 heterocycles. The number of aliphatic hydroxyl groups excluding tert-OH is 1. The highest BCUT2D eigenvalue weighted by molar-refractivity contribution is 5.23. The van der Waals surface area contributed by atoms with Crippen LogP contribution in [0.4, 0.5) is 0 Å². The Balaban J connectivity index is 1.67. The molecule has 2 rings (SSSR count). The summed E-state index contributed by atoms with van der Waals surface area (Å²) in [6.45, 7) is 8.24. The number of rotatable bonds is 8. The van der Waals surface area contributed by atoms with Crippen LogP contribution in [0.5, 0.6) is 0 Å². The summed E-state index contributed by atoms with van der Waals surface area (Å²) in [5.41, 5.74) is 5.02. The summed E-state index contributed by atoms with van der Waals surface area (Å²) < 4.78 is 0. The van der Waals surface area contributed by atoms with Crippen molar-refractivity contribution >= 4 is 0 Å². The highest BCUT2D eigenvalue weighted by Crippen LogP contribution is 2.12. The minimum atomic E-state index is -0.395. The van der Waals surface area contributed by atoms with Crippen molar-refractivity contribution < 1.29 is 5.11 Å². The predicted molar refractivity (Wildman–Crippen MR) is 96.5 cm³/mol. The molecule has 2 unspecified atom stereocenters. The van der Waals surface area contributed by atoms with Crippen LogP contribution in [0.1, 0.15) is 35.2 Å². The fraction of sp³-hybridized carbons (Fsp3) is 0.400. The minimum absolute atomic E-state index is 0.238. The van der Waals surface area contributed by atoms with Gasteiger partial charge in [0.05, 0.1) is 6.10 Å². The summed E-state index contributed by atoms with van der Waals surface area (Å²) in [7, 11) is 0. The Hall–Kier alpha value is -1.68. The summed E-state index contributed by atoms with van der Waals surface area (Å²) in [4.78, 5) is 0. The largest absolute Gasteiger partial charge is 0.390 e. The fourth-order valence-electron chi connectivity index (χ4n) is 2.45. The summed E-state index contributed by atoms with van der Waals surface area (Å²) in [5.74, 6) is 0. The van der Waals surface area contributed by atoms with Gasteiger partial charge in [0.1, 0.15) is 0 Å². The normalized spacial score (nSPS) is 13.7. The SMILES string of the molecule is Cc1ccc(CNCC(O)CNC(C)c2ccc(C)cc2)cc1. The van der Waals surface area contributed by atoms with E-state index in [1.54, 1.807) is 0 Å². The third-order valence-electron chi connectivity index (χ3n) is 4.07. The van der Waals surface area contributed by atoms with Crippen molar-refractivity contribution in [3.8, 4) is 0 Å². The first-order valence-electron chi connectivity index (χ1n) is 8.29. The lowest BCUT2D eigenvalue weighted by Crippen LogP contribution is -2.36. The molecule has 2 aromatic carbocycles. The lowest BCUT2D eigenvalue weighted by atomic mass is 10.1. The van der Waals surface area contributed by atoms with Crippen molar-refractivity contribution in [3.63, 3.8) is 0 Å². The van der Waals surface area contributed by atoms with Crippen molar-refractivity contribution in [2.24, 2.45) is 0 Å². The standard InChI is InChI=1S/C20H28N2O/c1-15-4-8-18(9-5-15)12-21-13-20(23)14-22-17(3)19-10-6-16(2)7-11-19/h4-11,17,20-23H,12-14H2,1-3H3. The van der Waals surface area contributed by atoms with Crippen LogP contribution in [0.3, 0.4) is 0 Å². The first-order valence-corrected chi connectivity index (χ1v) is 8.29. The Morgan fingerprint density at radius 2 is 1.43 bits per heavy atom. The highest BCUT2D eigenvalue weighted by atomic mass is 16.3. The Bertz CT molecular complexity index is 578. The number of aryl methyl sites for hydroxylation is 2. The number of nitrogens with one attached hydrogen (secondary N) is 2. The third kappa shape index (κ3) is 6.14. The van der Waals surface area contributed by atoms with Gasteiger partial charge in [-0.25, -0.2) is 0 Å². The highest BCUT2D eigenvalue weighted by Gasteiger charge is 2.08. The smallest absolute Gasteiger partial charge is 0.0789 e. The summed E-state index contributed by atoms with van der Waals surface area (Å²) in [5, 5.41) is 16.8. The van der Waals surface area contributed by atoms with Crippen molar-refractivity contribution in [2.45, 2.75) is 39.5 Å². The summed E-state index contributed by atoms with van der Waals surface area (Å²) in [6, 6.07) is 17.2. The van der Waals surface area contributed by atoms with E-state index in [1.165, 1.54) is 22.3 Å². The quantitative estimate of drug-likeness (QED) is 0.702. The van der Waals surface area contributed by atoms with E-state index in [0.717, 1.165) is 6.54 Å². The Morgan fingerprint density at radius 1 is 0.870 bits per heavy atom. The molecule has 0 aliphatic rings. The van der Waals surface area contributed by atoms with Crippen LogP contribution in [0.15, 0.2) is 48.5 Å². The molecule has 3 N–H and O–H groups in total. The van der Waals surface area contributed by atoms with E-state index in [2.05, 4.69) is 79.9 Å². The lowest BCUT2D eigenvalue weighted by Gasteiger charge is -2.18. The zero-order valence-corrected chi connectivity index (χ0v) is 14.3. The average Bonchev–Trinajstić information content (AvgIpc) is 2.55. The molecule has 0 saturated heterocycles. The number of benzene rings is 2. The summed E-state index contributed by atoms with van der Waals surface area (Å²) >= 11 is 0. The molecule has 0 amide bonds. The fourth-order valence-corrected chi connectivity index (χ4v) is 2.45. The van der Waals surface area contributed by atoms with E-state index in [0.29, 0.717) is 13.1 Å². The van der Waals surface area contributed by atoms with Gasteiger partial charge in [-0.05, 0) is 31.9 Å². The maximum atomic E-state index is 10.1. The average molecular weight is 312 g/mol. The van der Waals surface area contributed by atoms with Crippen molar-refractivity contribution in [3.05, 3.63) is 70.8 Å². The monoisotopic (exact) mass is 312 g/mol. The zero-order valence-electron chi connectivity index (χ0n) is 14.3. The van der Waals surface area contributed by atoms with Gasteiger partial charge in [-0.3, -0.25) is 0 Å². The molecule has 0 aliphatic heterocycles. The molecule has 124 valence electrons. The van der Waals surface area contributed by atoms with Gasteiger partial charge in [0.2, 0.25) is 0 Å². The van der Waals surface area contributed by atoms with E-state index in [1.807, 2.05) is 0 Å². The van der Waals surface area contributed by atoms with E-state index in [-0.39, 0.29) is 6.04 Å². The maximum Gasteiger partial charge on any atom is 0.0789 e. The molecular formula is C20H28N2O. The lowest BCUT2D eigenvalue weighted by molar-refractivity contribution is 0.164. The van der Waals surface area contributed by atoms with Crippen molar-refractivity contribution in [2.75, 3.05) is 13.1 Å². The molecule has 23 heavy (non-hydrogen) atoms. The van der Waals surface area contributed by atoms with Gasteiger partial charge < -0.3 is 15.7 Å². The number of hydrogen-bond donors (Lipinski definition) is 3. The predicted octanol–water partition coefficient (Wildman–Crippen LogP) is 3.10. The molecule has 0 aliphatic carbocycles. The second-order valence-corrected chi connectivity index (χ2v) is 6.31. The second-order valence-electron chi connectivity index (χ2n) is 6.31. The topological polar surface area (TPSA) is 44.3 Å². The van der Waals surface area contributed by atoms with Crippen LogP contribution in [0, 0.1) is 13.8 Å². The van der Waals surface area contributed by atoms with Gasteiger partial charge in [-0.2, -0.15) is 0 Å². The Morgan fingerprint density at radius 3 is 2.04 bits per heavy atom. The van der Waals surface area contributed by atoms with Gasteiger partial charge in [0, 0.05) is 25.7 Å². The van der Waals surface area contributed by atoms with Crippen LogP contribution in [0.25, 0.3) is 0 Å². The van der Waals surface area contributed by atoms with Crippen LogP contribution >= 0.6 is 0 Å². The maximum absolute atomic E-state index is 10.1. The van der Waals surface area contributed by atoms with Crippen molar-refractivity contribution in [1.29, 1.82) is 0 Å². The molecule has 0 bridgehead atoms. The third-order valence-corrected chi connectivity index (χ3v) is 4.07. The minimum Gasteiger partial charge on any atom is -0.390 e. The van der Waals surface area contributed by atoms with E-state index < -0.39 is 6.10 Å². The zero-order chi connectivity index (χ0) is 16.7. The van der Waals surface area contributed by atoms with Crippen LogP contribution in [0.2, 0.25) is 0 Å².